The van der Waals surface area contributed by atoms with Crippen LogP contribution in [0.25, 0.3) is 0 Å². The maximum atomic E-state index is 11.6. The molecule has 0 bridgehead atoms. The molecule has 1 rings (SSSR count). The summed E-state index contributed by atoms with van der Waals surface area (Å²) >= 11 is 0. The zero-order valence-electron chi connectivity index (χ0n) is 8.92. The predicted molar refractivity (Wildman–Crippen MR) is 54.6 cm³/mol. The number of aliphatic hydroxyl groups excluding tert-OH is 1. The zero-order chi connectivity index (χ0) is 10.8. The number of hydrogen-bond acceptors (Lipinski definition) is 3. The highest BCUT2D eigenvalue weighted by Gasteiger charge is 2.43. The van der Waals surface area contributed by atoms with Crippen LogP contribution in [-0.2, 0) is 4.79 Å². The van der Waals surface area contributed by atoms with Crippen molar-refractivity contribution < 1.29 is 9.90 Å². The molecule has 0 aromatic carbocycles. The van der Waals surface area contributed by atoms with Crippen LogP contribution in [0.15, 0.2) is 0 Å². The van der Waals surface area contributed by atoms with Gasteiger partial charge in [-0.1, -0.05) is 0 Å². The Morgan fingerprint density at radius 1 is 1.71 bits per heavy atom. The van der Waals surface area contributed by atoms with Gasteiger partial charge in [0.1, 0.15) is 0 Å². The summed E-state index contributed by atoms with van der Waals surface area (Å²) in [7, 11) is 0. The highest BCUT2D eigenvalue weighted by atomic mass is 16.3. The van der Waals surface area contributed by atoms with Crippen molar-refractivity contribution >= 4 is 5.91 Å². The van der Waals surface area contributed by atoms with Crippen LogP contribution in [0.1, 0.15) is 33.1 Å². The second-order valence-corrected chi connectivity index (χ2v) is 4.45. The molecule has 1 amide bonds. The Kier molecular flexibility index (Phi) is 3.50. The molecule has 2 atom stereocenters. The smallest absolute Gasteiger partial charge is 0.240 e. The summed E-state index contributed by atoms with van der Waals surface area (Å²) in [5, 5.41) is 11.8. The highest BCUT2D eigenvalue weighted by molar-refractivity contribution is 5.86. The number of aliphatic hydroxyl groups is 1. The molecule has 2 unspecified atom stereocenters. The van der Waals surface area contributed by atoms with Crippen molar-refractivity contribution in [1.29, 1.82) is 0 Å². The quantitative estimate of drug-likeness (QED) is 0.585. The third kappa shape index (κ3) is 2.96. The van der Waals surface area contributed by atoms with Crippen molar-refractivity contribution in [2.45, 2.75) is 44.8 Å². The van der Waals surface area contributed by atoms with E-state index in [0.717, 1.165) is 12.8 Å². The fourth-order valence-electron chi connectivity index (χ4n) is 1.45. The molecule has 0 aromatic rings. The van der Waals surface area contributed by atoms with Gasteiger partial charge in [-0.15, -0.1) is 0 Å². The predicted octanol–water partition coefficient (Wildman–Crippen LogP) is 0.000900. The fourth-order valence-corrected chi connectivity index (χ4v) is 1.45. The van der Waals surface area contributed by atoms with E-state index < -0.39 is 5.54 Å². The normalized spacial score (nSPS) is 22.6. The van der Waals surface area contributed by atoms with Crippen LogP contribution in [0.5, 0.6) is 0 Å². The largest absolute Gasteiger partial charge is 0.393 e. The van der Waals surface area contributed by atoms with E-state index in [1.54, 1.807) is 13.8 Å². The van der Waals surface area contributed by atoms with Crippen LogP contribution in [0.2, 0.25) is 0 Å². The summed E-state index contributed by atoms with van der Waals surface area (Å²) in [6, 6.07) is 0. The molecule has 4 heteroatoms. The molecule has 0 spiro atoms. The molecule has 4 N–H and O–H groups in total. The van der Waals surface area contributed by atoms with Gasteiger partial charge in [0.25, 0.3) is 0 Å². The highest BCUT2D eigenvalue weighted by Crippen LogP contribution is 2.37. The topological polar surface area (TPSA) is 75.3 Å². The molecular weight excluding hydrogens is 180 g/mol. The van der Waals surface area contributed by atoms with Gasteiger partial charge in [-0.2, -0.15) is 0 Å². The van der Waals surface area contributed by atoms with E-state index in [1.807, 2.05) is 0 Å². The minimum atomic E-state index is -0.724. The van der Waals surface area contributed by atoms with Crippen molar-refractivity contribution in [2.24, 2.45) is 11.7 Å². The number of amides is 1. The third-order valence-corrected chi connectivity index (χ3v) is 2.76. The first-order chi connectivity index (χ1) is 6.44. The molecule has 1 aliphatic rings. The maximum absolute atomic E-state index is 11.6. The van der Waals surface area contributed by atoms with Gasteiger partial charge < -0.3 is 16.2 Å². The SMILES string of the molecule is CC(O)CCNC(=O)C(C)(N)C1CC1. The molecule has 1 saturated carbocycles. The Hall–Kier alpha value is -0.610. The van der Waals surface area contributed by atoms with Gasteiger partial charge in [-0.05, 0) is 39.0 Å². The number of nitrogens with one attached hydrogen (secondary N) is 1. The van der Waals surface area contributed by atoms with E-state index in [9.17, 15) is 4.79 Å². The van der Waals surface area contributed by atoms with Crippen molar-refractivity contribution in [3.63, 3.8) is 0 Å². The summed E-state index contributed by atoms with van der Waals surface area (Å²) in [4.78, 5) is 11.6. The Balaban J connectivity index is 2.26. The Bertz CT molecular complexity index is 210. The Labute approximate surface area is 84.9 Å². The van der Waals surface area contributed by atoms with Crippen LogP contribution in [0.4, 0.5) is 0 Å². The standard InChI is InChI=1S/C10H20N2O2/c1-7(13)5-6-12-9(14)10(2,11)8-3-4-8/h7-8,13H,3-6,11H2,1-2H3,(H,12,14). The van der Waals surface area contributed by atoms with Crippen molar-refractivity contribution in [3.05, 3.63) is 0 Å². The number of hydrogen-bond donors (Lipinski definition) is 3. The van der Waals surface area contributed by atoms with Gasteiger partial charge in [0.15, 0.2) is 0 Å². The second kappa shape index (κ2) is 4.28. The summed E-state index contributed by atoms with van der Waals surface area (Å²) < 4.78 is 0. The van der Waals surface area contributed by atoms with E-state index in [0.29, 0.717) is 18.9 Å². The molecular formula is C10H20N2O2. The Morgan fingerprint density at radius 3 is 2.71 bits per heavy atom. The molecule has 0 aliphatic heterocycles. The second-order valence-electron chi connectivity index (χ2n) is 4.45. The number of rotatable bonds is 5. The lowest BCUT2D eigenvalue weighted by atomic mass is 9.96. The first-order valence-corrected chi connectivity index (χ1v) is 5.20. The van der Waals surface area contributed by atoms with Crippen LogP contribution in [-0.4, -0.2) is 29.2 Å². The minimum Gasteiger partial charge on any atom is -0.393 e. The average Bonchev–Trinajstić information content (AvgIpc) is 2.85. The molecule has 14 heavy (non-hydrogen) atoms. The van der Waals surface area contributed by atoms with E-state index in [-0.39, 0.29) is 12.0 Å². The summed E-state index contributed by atoms with van der Waals surface area (Å²) in [6.45, 7) is 3.98. The lowest BCUT2D eigenvalue weighted by Gasteiger charge is -2.23. The minimum absolute atomic E-state index is 0.0966. The molecule has 1 aliphatic carbocycles. The van der Waals surface area contributed by atoms with Crippen molar-refractivity contribution in [1.82, 2.24) is 5.32 Å². The summed E-state index contributed by atoms with van der Waals surface area (Å²) in [5.74, 6) is 0.245. The number of carbonyl (C=O) groups is 1. The lowest BCUT2D eigenvalue weighted by Crippen LogP contribution is -2.53. The van der Waals surface area contributed by atoms with Gasteiger partial charge in [-0.25, -0.2) is 0 Å². The van der Waals surface area contributed by atoms with Gasteiger partial charge in [0, 0.05) is 6.54 Å². The number of carbonyl (C=O) groups excluding carboxylic acids is 1. The van der Waals surface area contributed by atoms with Crippen LogP contribution >= 0.6 is 0 Å². The summed E-state index contributed by atoms with van der Waals surface area (Å²) in [5.41, 5.74) is 5.18. The summed E-state index contributed by atoms with van der Waals surface area (Å²) in [6.07, 6.45) is 2.31. The first-order valence-electron chi connectivity index (χ1n) is 5.20. The van der Waals surface area contributed by atoms with E-state index in [2.05, 4.69) is 5.32 Å². The Morgan fingerprint density at radius 2 is 2.29 bits per heavy atom. The fraction of sp³-hybridized carbons (Fsp3) is 0.900. The molecule has 0 radical (unpaired) electrons. The van der Waals surface area contributed by atoms with E-state index in [4.69, 9.17) is 10.8 Å². The van der Waals surface area contributed by atoms with Crippen LogP contribution in [0, 0.1) is 5.92 Å². The average molecular weight is 200 g/mol. The molecule has 0 heterocycles. The van der Waals surface area contributed by atoms with Gasteiger partial charge in [0.2, 0.25) is 5.91 Å². The molecule has 0 saturated heterocycles. The van der Waals surface area contributed by atoms with Gasteiger partial charge in [0.05, 0.1) is 11.6 Å². The van der Waals surface area contributed by atoms with Crippen LogP contribution in [0.3, 0.4) is 0 Å². The van der Waals surface area contributed by atoms with Crippen molar-refractivity contribution in [3.8, 4) is 0 Å². The zero-order valence-corrected chi connectivity index (χ0v) is 8.92. The molecule has 1 fully saturated rings. The molecule has 4 nitrogen and oxygen atoms in total. The van der Waals surface area contributed by atoms with E-state index in [1.165, 1.54) is 0 Å². The molecule has 0 aromatic heterocycles. The van der Waals surface area contributed by atoms with Gasteiger partial charge in [-0.3, -0.25) is 4.79 Å². The van der Waals surface area contributed by atoms with Crippen molar-refractivity contribution in [2.75, 3.05) is 6.54 Å². The maximum Gasteiger partial charge on any atom is 0.240 e. The third-order valence-electron chi connectivity index (χ3n) is 2.76. The monoisotopic (exact) mass is 200 g/mol. The van der Waals surface area contributed by atoms with E-state index >= 15 is 0 Å². The first kappa shape index (κ1) is 11.5. The lowest BCUT2D eigenvalue weighted by molar-refractivity contribution is -0.126. The van der Waals surface area contributed by atoms with Gasteiger partial charge >= 0.3 is 0 Å². The molecule has 82 valence electrons. The number of nitrogens with two attached hydrogens (primary N) is 1. The van der Waals surface area contributed by atoms with Crippen LogP contribution < -0.4 is 11.1 Å².